The summed E-state index contributed by atoms with van der Waals surface area (Å²) in [6.07, 6.45) is 1.40. The Balaban J connectivity index is 2.34. The fourth-order valence-electron chi connectivity index (χ4n) is 1.27. The van der Waals surface area contributed by atoms with Crippen molar-refractivity contribution in [3.05, 3.63) is 35.9 Å². The van der Waals surface area contributed by atoms with Gasteiger partial charge in [0, 0.05) is 0 Å². The van der Waals surface area contributed by atoms with E-state index < -0.39 is 6.04 Å². The second-order valence-corrected chi connectivity index (χ2v) is 3.30. The molecule has 0 aliphatic rings. The molecule has 0 unspecified atom stereocenters. The SMILES string of the molecule is CONC(=O)[C@@H](N)CCc1ccccc1. The summed E-state index contributed by atoms with van der Waals surface area (Å²) < 4.78 is 0. The zero-order valence-corrected chi connectivity index (χ0v) is 8.77. The summed E-state index contributed by atoms with van der Waals surface area (Å²) in [6, 6.07) is 9.40. The third kappa shape index (κ3) is 4.10. The molecule has 15 heavy (non-hydrogen) atoms. The number of nitrogens with one attached hydrogen (secondary N) is 1. The van der Waals surface area contributed by atoms with Crippen LogP contribution >= 0.6 is 0 Å². The number of hydroxylamine groups is 1. The lowest BCUT2D eigenvalue weighted by molar-refractivity contribution is -0.132. The van der Waals surface area contributed by atoms with Crippen LogP contribution in [0.1, 0.15) is 12.0 Å². The van der Waals surface area contributed by atoms with Crippen LogP contribution in [-0.4, -0.2) is 19.1 Å². The molecule has 3 N–H and O–H groups in total. The number of rotatable bonds is 5. The number of benzene rings is 1. The predicted molar refractivity (Wildman–Crippen MR) is 57.9 cm³/mol. The average molecular weight is 208 g/mol. The summed E-state index contributed by atoms with van der Waals surface area (Å²) in [6.45, 7) is 0. The number of carbonyl (C=O) groups is 1. The molecule has 0 radical (unpaired) electrons. The van der Waals surface area contributed by atoms with Gasteiger partial charge in [0.15, 0.2) is 0 Å². The molecule has 82 valence electrons. The molecule has 1 amide bonds. The molecule has 0 saturated heterocycles. The Morgan fingerprint density at radius 1 is 1.47 bits per heavy atom. The first-order valence-corrected chi connectivity index (χ1v) is 4.86. The number of nitrogens with two attached hydrogens (primary N) is 1. The molecule has 0 fully saturated rings. The molecular weight excluding hydrogens is 192 g/mol. The largest absolute Gasteiger partial charge is 0.320 e. The van der Waals surface area contributed by atoms with Gasteiger partial charge in [0.05, 0.1) is 13.2 Å². The van der Waals surface area contributed by atoms with Crippen molar-refractivity contribution in [3.8, 4) is 0 Å². The molecule has 0 heterocycles. The molecule has 0 spiro atoms. The minimum atomic E-state index is -0.523. The van der Waals surface area contributed by atoms with Crippen molar-refractivity contribution in [2.24, 2.45) is 5.73 Å². The van der Waals surface area contributed by atoms with Gasteiger partial charge >= 0.3 is 0 Å². The molecule has 0 saturated carbocycles. The van der Waals surface area contributed by atoms with Gasteiger partial charge in [-0.15, -0.1) is 0 Å². The predicted octanol–water partition coefficient (Wildman–Crippen LogP) is 0.624. The van der Waals surface area contributed by atoms with Crippen molar-refractivity contribution in [2.75, 3.05) is 7.11 Å². The quantitative estimate of drug-likeness (QED) is 0.697. The Kier molecular flexibility index (Phi) is 4.80. The van der Waals surface area contributed by atoms with E-state index in [1.165, 1.54) is 12.7 Å². The molecular formula is C11H16N2O2. The first-order chi connectivity index (χ1) is 7.24. The lowest BCUT2D eigenvalue weighted by Crippen LogP contribution is -2.40. The lowest BCUT2D eigenvalue weighted by atomic mass is 10.1. The topological polar surface area (TPSA) is 64.3 Å². The van der Waals surface area contributed by atoms with Crippen LogP contribution < -0.4 is 11.2 Å². The molecule has 0 aliphatic carbocycles. The Bertz CT molecular complexity index is 301. The average Bonchev–Trinajstić information content (AvgIpc) is 2.27. The second-order valence-electron chi connectivity index (χ2n) is 3.30. The highest BCUT2D eigenvalue weighted by atomic mass is 16.6. The van der Waals surface area contributed by atoms with Gasteiger partial charge in [0.1, 0.15) is 0 Å². The zero-order chi connectivity index (χ0) is 11.1. The minimum Gasteiger partial charge on any atom is -0.320 e. The summed E-state index contributed by atoms with van der Waals surface area (Å²) in [5.74, 6) is -0.284. The number of carbonyl (C=O) groups excluding carboxylic acids is 1. The van der Waals surface area contributed by atoms with Crippen molar-refractivity contribution in [2.45, 2.75) is 18.9 Å². The summed E-state index contributed by atoms with van der Waals surface area (Å²) >= 11 is 0. The van der Waals surface area contributed by atoms with Crippen LogP contribution in [0.4, 0.5) is 0 Å². The summed E-state index contributed by atoms with van der Waals surface area (Å²) in [4.78, 5) is 15.7. The van der Waals surface area contributed by atoms with Gasteiger partial charge in [-0.05, 0) is 18.4 Å². The molecule has 1 aromatic carbocycles. The lowest BCUT2D eigenvalue weighted by Gasteiger charge is -2.10. The van der Waals surface area contributed by atoms with Gasteiger partial charge < -0.3 is 5.73 Å². The van der Waals surface area contributed by atoms with Crippen LogP contribution in [0.3, 0.4) is 0 Å². The Labute approximate surface area is 89.4 Å². The van der Waals surface area contributed by atoms with Crippen molar-refractivity contribution in [1.82, 2.24) is 5.48 Å². The molecule has 4 heteroatoms. The van der Waals surface area contributed by atoms with Crippen LogP contribution in [0.5, 0.6) is 0 Å². The fraction of sp³-hybridized carbons (Fsp3) is 0.364. The molecule has 0 aliphatic heterocycles. The Hall–Kier alpha value is -1.39. The van der Waals surface area contributed by atoms with E-state index in [0.717, 1.165) is 6.42 Å². The monoisotopic (exact) mass is 208 g/mol. The molecule has 0 aromatic heterocycles. The maximum atomic E-state index is 11.2. The van der Waals surface area contributed by atoms with Crippen LogP contribution in [-0.2, 0) is 16.1 Å². The second kappa shape index (κ2) is 6.16. The van der Waals surface area contributed by atoms with Crippen molar-refractivity contribution in [3.63, 3.8) is 0 Å². The zero-order valence-electron chi connectivity index (χ0n) is 8.77. The van der Waals surface area contributed by atoms with Gasteiger partial charge in [0.2, 0.25) is 0 Å². The standard InChI is InChI=1S/C11H16N2O2/c1-15-13-11(14)10(12)8-7-9-5-3-2-4-6-9/h2-6,10H,7-8,12H2,1H3,(H,13,14)/t10-/m0/s1. The van der Waals surface area contributed by atoms with E-state index in [1.807, 2.05) is 30.3 Å². The van der Waals surface area contributed by atoms with Gasteiger partial charge in [-0.2, -0.15) is 0 Å². The van der Waals surface area contributed by atoms with Gasteiger partial charge in [-0.1, -0.05) is 30.3 Å². The first kappa shape index (κ1) is 11.7. The van der Waals surface area contributed by atoms with E-state index in [1.54, 1.807) is 0 Å². The number of amides is 1. The molecule has 1 atom stereocenters. The Morgan fingerprint density at radius 3 is 2.73 bits per heavy atom. The Morgan fingerprint density at radius 2 is 2.13 bits per heavy atom. The van der Waals surface area contributed by atoms with Crippen LogP contribution in [0.15, 0.2) is 30.3 Å². The highest BCUT2D eigenvalue weighted by molar-refractivity contribution is 5.80. The molecule has 1 rings (SSSR count). The highest BCUT2D eigenvalue weighted by Crippen LogP contribution is 2.03. The molecule has 4 nitrogen and oxygen atoms in total. The number of hydrogen-bond acceptors (Lipinski definition) is 3. The van der Waals surface area contributed by atoms with Crippen molar-refractivity contribution < 1.29 is 9.63 Å². The highest BCUT2D eigenvalue weighted by Gasteiger charge is 2.12. The molecule has 0 bridgehead atoms. The van der Waals surface area contributed by atoms with Gasteiger partial charge in [0.25, 0.3) is 5.91 Å². The van der Waals surface area contributed by atoms with Gasteiger partial charge in [-0.25, -0.2) is 5.48 Å². The van der Waals surface area contributed by atoms with E-state index >= 15 is 0 Å². The van der Waals surface area contributed by atoms with Crippen LogP contribution in [0, 0.1) is 0 Å². The van der Waals surface area contributed by atoms with Crippen LogP contribution in [0.2, 0.25) is 0 Å². The van der Waals surface area contributed by atoms with E-state index in [4.69, 9.17) is 5.73 Å². The van der Waals surface area contributed by atoms with E-state index in [0.29, 0.717) is 6.42 Å². The van der Waals surface area contributed by atoms with E-state index in [9.17, 15) is 4.79 Å². The fourth-order valence-corrected chi connectivity index (χ4v) is 1.27. The molecule has 1 aromatic rings. The number of aryl methyl sites for hydroxylation is 1. The third-order valence-electron chi connectivity index (χ3n) is 2.13. The maximum absolute atomic E-state index is 11.2. The third-order valence-corrected chi connectivity index (χ3v) is 2.13. The van der Waals surface area contributed by atoms with Gasteiger partial charge in [-0.3, -0.25) is 9.63 Å². The van der Waals surface area contributed by atoms with Crippen molar-refractivity contribution in [1.29, 1.82) is 0 Å². The van der Waals surface area contributed by atoms with Crippen LogP contribution in [0.25, 0.3) is 0 Å². The summed E-state index contributed by atoms with van der Waals surface area (Å²) in [5.41, 5.74) is 9.06. The smallest absolute Gasteiger partial charge is 0.260 e. The maximum Gasteiger partial charge on any atom is 0.260 e. The van der Waals surface area contributed by atoms with E-state index in [2.05, 4.69) is 10.3 Å². The first-order valence-electron chi connectivity index (χ1n) is 4.86. The van der Waals surface area contributed by atoms with Crippen molar-refractivity contribution >= 4 is 5.91 Å². The van der Waals surface area contributed by atoms with E-state index in [-0.39, 0.29) is 5.91 Å². The summed E-state index contributed by atoms with van der Waals surface area (Å²) in [7, 11) is 1.39. The number of hydrogen-bond donors (Lipinski definition) is 2. The summed E-state index contributed by atoms with van der Waals surface area (Å²) in [5, 5.41) is 0. The minimum absolute atomic E-state index is 0.284. The normalized spacial score (nSPS) is 12.1.